The molecule has 0 bridgehead atoms. The summed E-state index contributed by atoms with van der Waals surface area (Å²) in [6.45, 7) is 3.44. The van der Waals surface area contributed by atoms with Crippen LogP contribution in [0.2, 0.25) is 0 Å². The minimum Gasteiger partial charge on any atom is -0.395 e. The first-order valence-corrected chi connectivity index (χ1v) is 9.07. The van der Waals surface area contributed by atoms with Crippen molar-refractivity contribution < 1.29 is 6.53 Å². The number of nitrogens with zero attached hydrogens (tertiary/aromatic N) is 3. The van der Waals surface area contributed by atoms with Gasteiger partial charge in [-0.05, 0) is 23.6 Å². The summed E-state index contributed by atoms with van der Waals surface area (Å²) in [6.07, 6.45) is 5.81. The van der Waals surface area contributed by atoms with Gasteiger partial charge in [0.15, 0.2) is 5.65 Å². The van der Waals surface area contributed by atoms with Crippen LogP contribution in [0, 0.1) is 6.92 Å². The summed E-state index contributed by atoms with van der Waals surface area (Å²) in [6, 6.07) is 16.8. The summed E-state index contributed by atoms with van der Waals surface area (Å²) in [5.41, 5.74) is 7.43. The molecule has 0 aliphatic carbocycles. The van der Waals surface area contributed by atoms with E-state index in [2.05, 4.69) is 59.7 Å². The second-order valence-electron chi connectivity index (χ2n) is 6.51. The summed E-state index contributed by atoms with van der Waals surface area (Å²) < 4.78 is 2.01. The van der Waals surface area contributed by atoms with Crippen LogP contribution < -0.4 is 5.32 Å². The van der Waals surface area contributed by atoms with Crippen LogP contribution in [0.3, 0.4) is 0 Å². The fourth-order valence-electron chi connectivity index (χ4n) is 3.30. The SMILES string of the molecule is Cc1c(-c2ccccc2)cccc1-c1cn2cc(CNCCO)ncc2n1.[HH]. The number of aliphatic hydroxyl groups excluding tert-OH is 1. The number of nitrogens with one attached hydrogen (secondary N) is 1. The maximum atomic E-state index is 8.88. The second kappa shape index (κ2) is 7.70. The van der Waals surface area contributed by atoms with Crippen LogP contribution in [-0.2, 0) is 6.54 Å². The third-order valence-electron chi connectivity index (χ3n) is 4.68. The van der Waals surface area contributed by atoms with Gasteiger partial charge in [0.1, 0.15) is 0 Å². The number of benzene rings is 2. The predicted octanol–water partition coefficient (Wildman–Crippen LogP) is 3.70. The monoisotopic (exact) mass is 360 g/mol. The van der Waals surface area contributed by atoms with E-state index >= 15 is 0 Å². The first-order valence-electron chi connectivity index (χ1n) is 9.07. The minimum atomic E-state index is 0. The molecule has 0 saturated heterocycles. The average Bonchev–Trinajstić information content (AvgIpc) is 3.12. The molecule has 0 amide bonds. The first kappa shape index (κ1) is 17.4. The molecule has 5 heteroatoms. The van der Waals surface area contributed by atoms with Gasteiger partial charge in [-0.1, -0.05) is 48.5 Å². The van der Waals surface area contributed by atoms with Gasteiger partial charge in [0.2, 0.25) is 0 Å². The van der Waals surface area contributed by atoms with Crippen LogP contribution in [-0.4, -0.2) is 32.6 Å². The predicted molar refractivity (Wildman–Crippen MR) is 110 cm³/mol. The van der Waals surface area contributed by atoms with Gasteiger partial charge in [0.05, 0.1) is 24.2 Å². The number of hydrogen-bond donors (Lipinski definition) is 2. The lowest BCUT2D eigenvalue weighted by Crippen LogP contribution is -2.18. The molecule has 4 rings (SSSR count). The highest BCUT2D eigenvalue weighted by Crippen LogP contribution is 2.31. The molecule has 0 fully saturated rings. The van der Waals surface area contributed by atoms with Crippen LogP contribution >= 0.6 is 0 Å². The Morgan fingerprint density at radius 1 is 1.04 bits per heavy atom. The average molecular weight is 360 g/mol. The fraction of sp³-hybridized carbons (Fsp3) is 0.182. The number of rotatable bonds is 6. The summed E-state index contributed by atoms with van der Waals surface area (Å²) >= 11 is 0. The van der Waals surface area contributed by atoms with Crippen molar-refractivity contribution in [3.63, 3.8) is 0 Å². The van der Waals surface area contributed by atoms with Crippen molar-refractivity contribution >= 4 is 5.65 Å². The number of imidazole rings is 1. The van der Waals surface area contributed by atoms with Crippen LogP contribution in [0.25, 0.3) is 28.0 Å². The van der Waals surface area contributed by atoms with Gasteiger partial charge < -0.3 is 14.8 Å². The largest absolute Gasteiger partial charge is 0.395 e. The molecular formula is C22H24N4O. The van der Waals surface area contributed by atoms with E-state index in [9.17, 15) is 0 Å². The van der Waals surface area contributed by atoms with Gasteiger partial charge in [0, 0.05) is 32.5 Å². The molecule has 4 aromatic rings. The highest BCUT2D eigenvalue weighted by molar-refractivity contribution is 5.77. The highest BCUT2D eigenvalue weighted by atomic mass is 16.3. The molecule has 2 N–H and O–H groups in total. The van der Waals surface area contributed by atoms with Gasteiger partial charge in [-0.15, -0.1) is 0 Å². The number of aliphatic hydroxyl groups is 1. The Morgan fingerprint density at radius 2 is 1.85 bits per heavy atom. The number of aromatic nitrogens is 3. The minimum absolute atomic E-state index is 0. The van der Waals surface area contributed by atoms with Crippen molar-refractivity contribution in [2.45, 2.75) is 13.5 Å². The van der Waals surface area contributed by atoms with Crippen LogP contribution in [0.1, 0.15) is 12.7 Å². The molecule has 2 aromatic carbocycles. The Morgan fingerprint density at radius 3 is 2.67 bits per heavy atom. The van der Waals surface area contributed by atoms with E-state index in [0.717, 1.165) is 22.6 Å². The molecule has 5 nitrogen and oxygen atoms in total. The third kappa shape index (κ3) is 3.60. The molecule has 138 valence electrons. The molecule has 0 aliphatic heterocycles. The lowest BCUT2D eigenvalue weighted by atomic mass is 9.95. The topological polar surface area (TPSA) is 62.5 Å². The van der Waals surface area contributed by atoms with Crippen molar-refractivity contribution in [2.24, 2.45) is 0 Å². The maximum absolute atomic E-state index is 8.88. The summed E-state index contributed by atoms with van der Waals surface area (Å²) in [5.74, 6) is 0. The molecule has 0 saturated carbocycles. The van der Waals surface area contributed by atoms with Crippen LogP contribution in [0.5, 0.6) is 0 Å². The molecule has 0 unspecified atom stereocenters. The Labute approximate surface area is 159 Å². The summed E-state index contributed by atoms with van der Waals surface area (Å²) in [7, 11) is 0. The van der Waals surface area contributed by atoms with Gasteiger partial charge in [-0.3, -0.25) is 4.98 Å². The van der Waals surface area contributed by atoms with Crippen LogP contribution in [0.15, 0.2) is 67.1 Å². The molecule has 2 aromatic heterocycles. The molecule has 2 heterocycles. The quantitative estimate of drug-likeness (QED) is 0.515. The molecule has 0 atom stereocenters. The molecule has 27 heavy (non-hydrogen) atoms. The van der Waals surface area contributed by atoms with Gasteiger partial charge >= 0.3 is 0 Å². The first-order chi connectivity index (χ1) is 13.3. The van der Waals surface area contributed by atoms with E-state index in [-0.39, 0.29) is 8.03 Å². The van der Waals surface area contributed by atoms with E-state index < -0.39 is 0 Å². The lowest BCUT2D eigenvalue weighted by molar-refractivity contribution is 0.291. The zero-order chi connectivity index (χ0) is 18.6. The normalized spacial score (nSPS) is 11.2. The highest BCUT2D eigenvalue weighted by Gasteiger charge is 2.11. The van der Waals surface area contributed by atoms with Gasteiger partial charge in [-0.25, -0.2) is 4.98 Å². The zero-order valence-corrected chi connectivity index (χ0v) is 15.3. The number of hydrogen-bond acceptors (Lipinski definition) is 4. The van der Waals surface area contributed by atoms with Crippen molar-refractivity contribution in [3.05, 3.63) is 78.4 Å². The van der Waals surface area contributed by atoms with E-state index in [0.29, 0.717) is 13.1 Å². The Kier molecular flexibility index (Phi) is 4.96. The van der Waals surface area contributed by atoms with E-state index in [1.54, 1.807) is 6.20 Å². The second-order valence-corrected chi connectivity index (χ2v) is 6.51. The number of fused-ring (bicyclic) bond motifs is 1. The molecule has 0 aliphatic rings. The maximum Gasteiger partial charge on any atom is 0.155 e. The van der Waals surface area contributed by atoms with Crippen molar-refractivity contribution in [3.8, 4) is 22.4 Å². The van der Waals surface area contributed by atoms with E-state index in [4.69, 9.17) is 10.1 Å². The molecular weight excluding hydrogens is 336 g/mol. The molecule has 0 spiro atoms. The summed E-state index contributed by atoms with van der Waals surface area (Å²) in [4.78, 5) is 9.20. The summed E-state index contributed by atoms with van der Waals surface area (Å²) in [5, 5.41) is 12.0. The van der Waals surface area contributed by atoms with Crippen molar-refractivity contribution in [2.75, 3.05) is 13.2 Å². The van der Waals surface area contributed by atoms with Crippen molar-refractivity contribution in [1.29, 1.82) is 0 Å². The lowest BCUT2D eigenvalue weighted by Gasteiger charge is -2.10. The van der Waals surface area contributed by atoms with Crippen molar-refractivity contribution in [1.82, 2.24) is 19.7 Å². The van der Waals surface area contributed by atoms with E-state index in [1.165, 1.54) is 16.7 Å². The van der Waals surface area contributed by atoms with Gasteiger partial charge in [-0.2, -0.15) is 0 Å². The third-order valence-corrected chi connectivity index (χ3v) is 4.68. The Bertz CT molecular complexity index is 1060. The van der Waals surface area contributed by atoms with Crippen LogP contribution in [0.4, 0.5) is 0 Å². The van der Waals surface area contributed by atoms with Gasteiger partial charge in [0.25, 0.3) is 0 Å². The zero-order valence-electron chi connectivity index (χ0n) is 15.3. The van der Waals surface area contributed by atoms with E-state index in [1.807, 2.05) is 22.9 Å². The fourth-order valence-corrected chi connectivity index (χ4v) is 3.30. The Hall–Kier alpha value is -3.02. The Balaban J connectivity index is 0.00000225. The molecule has 0 radical (unpaired) electrons. The smallest absolute Gasteiger partial charge is 0.155 e. The standard InChI is InChI=1S/C22H22N4O.H2/c1-16-19(17-6-3-2-4-7-17)8-5-9-20(16)21-15-26-14-18(12-23-10-11-27)24-13-22(26)25-21;/h2-9,13-15,23,27H,10-12H2,1H3;1H.